The molecule has 2 aromatic carbocycles. The van der Waals surface area contributed by atoms with Gasteiger partial charge in [-0.25, -0.2) is 12.8 Å². The van der Waals surface area contributed by atoms with Crippen LogP contribution in [0.25, 0.3) is 0 Å². The van der Waals surface area contributed by atoms with Crippen LogP contribution in [-0.4, -0.2) is 38.3 Å². The Balaban J connectivity index is 1.46. The van der Waals surface area contributed by atoms with Gasteiger partial charge in [-0.15, -0.1) is 0 Å². The Kier molecular flexibility index (Phi) is 5.69. The molecule has 0 unspecified atom stereocenters. The zero-order chi connectivity index (χ0) is 20.4. The Bertz CT molecular complexity index is 999. The zero-order valence-electron chi connectivity index (χ0n) is 16.3. The fourth-order valence-electron chi connectivity index (χ4n) is 4.09. The van der Waals surface area contributed by atoms with E-state index in [1.165, 1.54) is 12.1 Å². The van der Waals surface area contributed by atoms with Crippen molar-refractivity contribution in [2.24, 2.45) is 0 Å². The molecule has 2 aliphatic heterocycles. The molecule has 0 spiro atoms. The van der Waals surface area contributed by atoms with E-state index < -0.39 is 10.0 Å². The smallest absolute Gasteiger partial charge is 0.243 e. The van der Waals surface area contributed by atoms with Crippen LogP contribution in [0, 0.1) is 5.82 Å². The number of anilines is 1. The molecular weight excluding hydrogens is 391 g/mol. The van der Waals surface area contributed by atoms with Crippen molar-refractivity contribution < 1.29 is 17.6 Å². The van der Waals surface area contributed by atoms with Crippen molar-refractivity contribution in [1.29, 1.82) is 0 Å². The summed E-state index contributed by atoms with van der Waals surface area (Å²) in [6, 6.07) is 11.3. The van der Waals surface area contributed by atoms with Gasteiger partial charge < -0.3 is 4.90 Å². The second kappa shape index (κ2) is 8.24. The number of nitrogens with zero attached hydrogens (tertiary/aromatic N) is 2. The van der Waals surface area contributed by atoms with Gasteiger partial charge in [0, 0.05) is 31.7 Å². The van der Waals surface area contributed by atoms with Gasteiger partial charge >= 0.3 is 0 Å². The number of sulfonamides is 1. The monoisotopic (exact) mass is 416 g/mol. The minimum atomic E-state index is -3.47. The molecular formula is C22H25FN2O3S. The summed E-state index contributed by atoms with van der Waals surface area (Å²) in [7, 11) is -3.47. The fourth-order valence-corrected chi connectivity index (χ4v) is 5.66. The van der Waals surface area contributed by atoms with Crippen molar-refractivity contribution >= 4 is 21.6 Å². The highest BCUT2D eigenvalue weighted by Crippen LogP contribution is 2.32. The van der Waals surface area contributed by atoms with Gasteiger partial charge in [0.25, 0.3) is 0 Å². The molecule has 1 saturated heterocycles. The van der Waals surface area contributed by atoms with Crippen molar-refractivity contribution in [3.63, 3.8) is 0 Å². The van der Waals surface area contributed by atoms with Gasteiger partial charge in [-0.3, -0.25) is 4.79 Å². The molecule has 154 valence electrons. The predicted molar refractivity (Wildman–Crippen MR) is 110 cm³/mol. The van der Waals surface area contributed by atoms with Crippen molar-refractivity contribution in [3.05, 3.63) is 59.4 Å². The number of halogens is 1. The van der Waals surface area contributed by atoms with E-state index in [9.17, 15) is 17.6 Å². The van der Waals surface area contributed by atoms with E-state index in [0.717, 1.165) is 36.1 Å². The molecule has 0 saturated carbocycles. The van der Waals surface area contributed by atoms with Crippen LogP contribution in [0.15, 0.2) is 47.4 Å². The number of carbonyl (C=O) groups excluding carboxylic acids is 1. The lowest BCUT2D eigenvalue weighted by Crippen LogP contribution is -2.35. The third-order valence-electron chi connectivity index (χ3n) is 5.74. The van der Waals surface area contributed by atoms with Crippen LogP contribution in [0.2, 0.25) is 0 Å². The normalized spacial score (nSPS) is 17.3. The Morgan fingerprint density at radius 1 is 0.966 bits per heavy atom. The number of hydrogen-bond donors (Lipinski definition) is 0. The summed E-state index contributed by atoms with van der Waals surface area (Å²) in [6.07, 6.45) is 4.42. The Morgan fingerprint density at radius 3 is 2.41 bits per heavy atom. The average molecular weight is 417 g/mol. The third-order valence-corrected chi connectivity index (χ3v) is 7.64. The summed E-state index contributed by atoms with van der Waals surface area (Å²) in [5.74, 6) is -0.288. The van der Waals surface area contributed by atoms with Crippen molar-refractivity contribution in [1.82, 2.24) is 4.31 Å². The molecule has 0 atom stereocenters. The molecule has 7 heteroatoms. The molecule has 2 aliphatic rings. The Hall–Kier alpha value is -2.25. The number of hydrogen-bond acceptors (Lipinski definition) is 3. The van der Waals surface area contributed by atoms with Crippen molar-refractivity contribution in [2.75, 3.05) is 24.5 Å². The minimum Gasteiger partial charge on any atom is -0.312 e. The fraction of sp³-hybridized carbons (Fsp3) is 0.409. The molecule has 0 N–H and O–H groups in total. The first-order chi connectivity index (χ1) is 13.9. The lowest BCUT2D eigenvalue weighted by atomic mass is 10.1. The van der Waals surface area contributed by atoms with Crippen LogP contribution in [0.3, 0.4) is 0 Å². The highest BCUT2D eigenvalue weighted by atomic mass is 32.2. The molecule has 1 fully saturated rings. The van der Waals surface area contributed by atoms with Crippen LogP contribution in [-0.2, 0) is 27.7 Å². The number of aryl methyl sites for hydroxylation is 1. The largest absolute Gasteiger partial charge is 0.312 e. The Labute approximate surface area is 171 Å². The molecule has 1 amide bonds. The first-order valence-electron chi connectivity index (χ1n) is 10.1. The van der Waals surface area contributed by atoms with Crippen molar-refractivity contribution in [2.45, 2.75) is 43.4 Å². The molecule has 4 rings (SSSR count). The average Bonchev–Trinajstić information content (AvgIpc) is 3.17. The molecule has 0 aliphatic carbocycles. The van der Waals surface area contributed by atoms with Gasteiger partial charge in [0.2, 0.25) is 15.9 Å². The maximum absolute atomic E-state index is 13.0. The molecule has 29 heavy (non-hydrogen) atoms. The summed E-state index contributed by atoms with van der Waals surface area (Å²) in [5.41, 5.74) is 2.62. The summed E-state index contributed by atoms with van der Waals surface area (Å²) in [4.78, 5) is 14.8. The number of rotatable bonds is 5. The van der Waals surface area contributed by atoms with Gasteiger partial charge in [0.1, 0.15) is 5.82 Å². The number of benzene rings is 2. The van der Waals surface area contributed by atoms with E-state index in [1.807, 2.05) is 0 Å². The third kappa shape index (κ3) is 4.21. The molecule has 0 aromatic heterocycles. The lowest BCUT2D eigenvalue weighted by molar-refractivity contribution is -0.118. The lowest BCUT2D eigenvalue weighted by Gasteiger charge is -2.26. The highest BCUT2D eigenvalue weighted by molar-refractivity contribution is 7.89. The Morgan fingerprint density at radius 2 is 1.69 bits per heavy atom. The first-order valence-corrected chi connectivity index (χ1v) is 11.6. The van der Waals surface area contributed by atoms with Crippen LogP contribution in [0.5, 0.6) is 0 Å². The summed E-state index contributed by atoms with van der Waals surface area (Å²) < 4.78 is 40.4. The minimum absolute atomic E-state index is 0.000266. The number of amides is 1. The molecule has 2 aromatic rings. The number of carbonyl (C=O) groups is 1. The summed E-state index contributed by atoms with van der Waals surface area (Å²) in [5, 5.41) is 0. The molecule has 0 bridgehead atoms. The topological polar surface area (TPSA) is 57.7 Å². The van der Waals surface area contributed by atoms with Gasteiger partial charge in [-0.1, -0.05) is 18.6 Å². The van der Waals surface area contributed by atoms with Crippen LogP contribution < -0.4 is 4.90 Å². The highest BCUT2D eigenvalue weighted by Gasteiger charge is 2.29. The zero-order valence-corrected chi connectivity index (χ0v) is 17.1. The maximum atomic E-state index is 13.0. The van der Waals surface area contributed by atoms with E-state index in [4.69, 9.17) is 0 Å². The maximum Gasteiger partial charge on any atom is 0.243 e. The SMILES string of the molecule is O=C(CCc1ccc(F)cc1)N1CCc2cc(S(=O)(=O)N3CCCCC3)ccc21. The van der Waals surface area contributed by atoms with Crippen molar-refractivity contribution in [3.8, 4) is 0 Å². The van der Waals surface area contributed by atoms with E-state index >= 15 is 0 Å². The van der Waals surface area contributed by atoms with Crippen LogP contribution >= 0.6 is 0 Å². The quantitative estimate of drug-likeness (QED) is 0.749. The predicted octanol–water partition coefficient (Wildman–Crippen LogP) is 3.52. The summed E-state index contributed by atoms with van der Waals surface area (Å²) >= 11 is 0. The number of piperidine rings is 1. The van der Waals surface area contributed by atoms with Gasteiger partial charge in [-0.2, -0.15) is 4.31 Å². The van der Waals surface area contributed by atoms with E-state index in [1.54, 1.807) is 39.5 Å². The molecule has 5 nitrogen and oxygen atoms in total. The van der Waals surface area contributed by atoms with Gasteiger partial charge in [-0.05, 0) is 67.1 Å². The first kappa shape index (κ1) is 20.0. The van der Waals surface area contributed by atoms with E-state index in [2.05, 4.69) is 0 Å². The van der Waals surface area contributed by atoms with Gasteiger partial charge in [0.15, 0.2) is 0 Å². The second-order valence-electron chi connectivity index (χ2n) is 7.68. The second-order valence-corrected chi connectivity index (χ2v) is 9.62. The van der Waals surface area contributed by atoms with Crippen LogP contribution in [0.1, 0.15) is 36.8 Å². The van der Waals surface area contributed by atoms with E-state index in [-0.39, 0.29) is 11.7 Å². The molecule has 0 radical (unpaired) electrons. The summed E-state index contributed by atoms with van der Waals surface area (Å²) in [6.45, 7) is 1.71. The van der Waals surface area contributed by atoms with E-state index in [0.29, 0.717) is 43.8 Å². The standard InChI is InChI=1S/C22H25FN2O3S/c23-19-7-4-17(5-8-19)6-11-22(26)25-15-12-18-16-20(9-10-21(18)25)29(27,28)24-13-2-1-3-14-24/h4-5,7-10,16H,1-3,6,11-15H2. The molecule has 2 heterocycles. The van der Waals surface area contributed by atoms with Gasteiger partial charge in [0.05, 0.1) is 4.90 Å². The van der Waals surface area contributed by atoms with Crippen LogP contribution in [0.4, 0.5) is 10.1 Å². The number of fused-ring (bicyclic) bond motifs is 1.